The van der Waals surface area contributed by atoms with Gasteiger partial charge in [-0.2, -0.15) is 0 Å². The maximum atomic E-state index is 12.4. The summed E-state index contributed by atoms with van der Waals surface area (Å²) >= 11 is 0. The van der Waals surface area contributed by atoms with Crippen molar-refractivity contribution in [2.75, 3.05) is 29.9 Å². The van der Waals surface area contributed by atoms with E-state index in [4.69, 9.17) is 0 Å². The number of nitrogens with one attached hydrogen (secondary N) is 2. The van der Waals surface area contributed by atoms with Crippen molar-refractivity contribution >= 4 is 33.2 Å². The first kappa shape index (κ1) is 20.3. The van der Waals surface area contributed by atoms with E-state index in [-0.39, 0.29) is 54.8 Å². The lowest BCUT2D eigenvalue weighted by Gasteiger charge is -2.22. The Morgan fingerprint density at radius 3 is 2.50 bits per heavy atom. The van der Waals surface area contributed by atoms with E-state index in [9.17, 15) is 22.8 Å². The maximum Gasteiger partial charge on any atom is 0.243 e. The minimum absolute atomic E-state index is 0.0364. The first-order valence-electron chi connectivity index (χ1n) is 9.30. The van der Waals surface area contributed by atoms with E-state index in [0.717, 1.165) is 16.8 Å². The quantitative estimate of drug-likeness (QED) is 0.733. The van der Waals surface area contributed by atoms with Crippen molar-refractivity contribution in [3.05, 3.63) is 29.3 Å². The third kappa shape index (κ3) is 4.52. The fourth-order valence-corrected chi connectivity index (χ4v) is 5.52. The lowest BCUT2D eigenvalue weighted by atomic mass is 10.1. The number of hydrogen-bond acceptors (Lipinski definition) is 5. The zero-order chi connectivity index (χ0) is 20.5. The summed E-state index contributed by atoms with van der Waals surface area (Å²) in [6.07, 6.45) is 0.460. The van der Waals surface area contributed by atoms with Crippen LogP contribution in [0.3, 0.4) is 0 Å². The van der Waals surface area contributed by atoms with Gasteiger partial charge in [-0.25, -0.2) is 8.42 Å². The van der Waals surface area contributed by atoms with Crippen LogP contribution in [-0.2, 0) is 24.2 Å². The monoisotopic (exact) mass is 407 g/mol. The summed E-state index contributed by atoms with van der Waals surface area (Å²) in [5.41, 5.74) is 2.60. The van der Waals surface area contributed by atoms with Crippen LogP contribution < -0.4 is 10.6 Å². The Morgan fingerprint density at radius 1 is 1.21 bits per heavy atom. The molecule has 2 N–H and O–H groups in total. The molecule has 2 heterocycles. The molecular weight excluding hydrogens is 382 g/mol. The summed E-state index contributed by atoms with van der Waals surface area (Å²) in [4.78, 5) is 38.3. The number of para-hydroxylation sites is 1. The normalized spacial score (nSPS) is 23.6. The van der Waals surface area contributed by atoms with Gasteiger partial charge in [-0.15, -0.1) is 0 Å². The van der Waals surface area contributed by atoms with Crippen LogP contribution in [0, 0.1) is 19.8 Å². The minimum atomic E-state index is -3.10. The van der Waals surface area contributed by atoms with E-state index >= 15 is 0 Å². The van der Waals surface area contributed by atoms with Crippen LogP contribution in [0.25, 0.3) is 0 Å². The summed E-state index contributed by atoms with van der Waals surface area (Å²) in [5.74, 6) is -1.43. The number of likely N-dealkylation sites (tertiary alicyclic amines) is 1. The minimum Gasteiger partial charge on any atom is -0.347 e. The Labute approximate surface area is 164 Å². The summed E-state index contributed by atoms with van der Waals surface area (Å²) in [6.45, 7) is 3.80. The van der Waals surface area contributed by atoms with Crippen LogP contribution in [0.2, 0.25) is 0 Å². The zero-order valence-corrected chi connectivity index (χ0v) is 16.8. The largest absolute Gasteiger partial charge is 0.347 e. The number of amides is 3. The highest BCUT2D eigenvalue weighted by Crippen LogP contribution is 2.26. The second-order valence-corrected chi connectivity index (χ2v) is 9.77. The first-order chi connectivity index (χ1) is 13.2. The molecule has 9 heteroatoms. The molecular formula is C19H25N3O5S. The molecule has 2 fully saturated rings. The molecule has 8 nitrogen and oxygen atoms in total. The summed E-state index contributed by atoms with van der Waals surface area (Å²) in [7, 11) is -3.10. The van der Waals surface area contributed by atoms with Crippen molar-refractivity contribution < 1.29 is 22.8 Å². The second kappa shape index (κ2) is 7.90. The highest BCUT2D eigenvalue weighted by molar-refractivity contribution is 7.91. The predicted molar refractivity (Wildman–Crippen MR) is 104 cm³/mol. The third-order valence-electron chi connectivity index (χ3n) is 5.35. The van der Waals surface area contributed by atoms with Gasteiger partial charge >= 0.3 is 0 Å². The molecule has 0 bridgehead atoms. The Bertz CT molecular complexity index is 892. The molecule has 3 amide bonds. The Kier molecular flexibility index (Phi) is 5.74. The van der Waals surface area contributed by atoms with Crippen molar-refractivity contribution in [3.8, 4) is 0 Å². The zero-order valence-electron chi connectivity index (χ0n) is 16.0. The molecule has 0 unspecified atom stereocenters. The predicted octanol–water partition coefficient (Wildman–Crippen LogP) is 0.394. The van der Waals surface area contributed by atoms with Crippen LogP contribution in [0.15, 0.2) is 18.2 Å². The fraction of sp³-hybridized carbons (Fsp3) is 0.526. The second-order valence-electron chi connectivity index (χ2n) is 7.54. The number of carbonyl (C=O) groups excluding carboxylic acids is 3. The molecule has 152 valence electrons. The van der Waals surface area contributed by atoms with Crippen LogP contribution in [0.5, 0.6) is 0 Å². The molecule has 1 aromatic carbocycles. The number of hydrogen-bond donors (Lipinski definition) is 2. The van der Waals surface area contributed by atoms with Gasteiger partial charge in [0.15, 0.2) is 9.84 Å². The van der Waals surface area contributed by atoms with E-state index in [2.05, 4.69) is 10.6 Å². The molecule has 0 aliphatic carbocycles. The molecule has 2 aliphatic rings. The van der Waals surface area contributed by atoms with E-state index in [1.54, 1.807) is 0 Å². The van der Waals surface area contributed by atoms with E-state index in [0.29, 0.717) is 6.42 Å². The number of nitrogens with zero attached hydrogens (tertiary/aromatic N) is 1. The van der Waals surface area contributed by atoms with Gasteiger partial charge in [0.05, 0.1) is 24.0 Å². The van der Waals surface area contributed by atoms with Crippen molar-refractivity contribution in [1.82, 2.24) is 10.2 Å². The average molecular weight is 407 g/mol. The molecule has 0 spiro atoms. The van der Waals surface area contributed by atoms with Crippen molar-refractivity contribution in [2.45, 2.75) is 32.7 Å². The number of benzene rings is 1. The number of carbonyl (C=O) groups is 3. The number of anilines is 1. The number of sulfone groups is 1. The maximum absolute atomic E-state index is 12.4. The third-order valence-corrected chi connectivity index (χ3v) is 7.10. The van der Waals surface area contributed by atoms with Crippen LogP contribution in [-0.4, -0.2) is 61.7 Å². The Balaban J connectivity index is 1.51. The Hall–Kier alpha value is -2.42. The van der Waals surface area contributed by atoms with Crippen LogP contribution in [0.1, 0.15) is 24.0 Å². The first-order valence-corrected chi connectivity index (χ1v) is 11.1. The van der Waals surface area contributed by atoms with Gasteiger partial charge in [-0.1, -0.05) is 18.2 Å². The van der Waals surface area contributed by atoms with Gasteiger partial charge in [0.25, 0.3) is 0 Å². The van der Waals surface area contributed by atoms with E-state index in [1.807, 2.05) is 32.0 Å². The lowest BCUT2D eigenvalue weighted by molar-refractivity contribution is -0.130. The molecule has 0 aromatic heterocycles. The van der Waals surface area contributed by atoms with Gasteiger partial charge in [-0.05, 0) is 31.4 Å². The highest BCUT2D eigenvalue weighted by atomic mass is 32.2. The SMILES string of the molecule is Cc1cccc(C)c1NC(=O)CNC(=O)[C@@H]1CC(=O)N([C@H]2CCS(=O)(=O)C2)C1. The van der Waals surface area contributed by atoms with Crippen LogP contribution in [0.4, 0.5) is 5.69 Å². The van der Waals surface area contributed by atoms with Crippen molar-refractivity contribution in [2.24, 2.45) is 5.92 Å². The molecule has 0 saturated carbocycles. The van der Waals surface area contributed by atoms with Crippen molar-refractivity contribution in [1.29, 1.82) is 0 Å². The van der Waals surface area contributed by atoms with Gasteiger partial charge < -0.3 is 15.5 Å². The average Bonchev–Trinajstić information content (AvgIpc) is 3.18. The smallest absolute Gasteiger partial charge is 0.243 e. The molecule has 0 radical (unpaired) electrons. The number of rotatable bonds is 5. The van der Waals surface area contributed by atoms with Gasteiger partial charge in [-0.3, -0.25) is 14.4 Å². The molecule has 2 aliphatic heterocycles. The van der Waals surface area contributed by atoms with Crippen LogP contribution >= 0.6 is 0 Å². The Morgan fingerprint density at radius 2 is 1.89 bits per heavy atom. The highest BCUT2D eigenvalue weighted by Gasteiger charge is 2.41. The standard InChI is InChI=1S/C19H25N3O5S/c1-12-4-3-5-13(2)18(12)21-16(23)9-20-19(25)14-8-17(24)22(10-14)15-6-7-28(26,27)11-15/h3-5,14-15H,6-11H2,1-2H3,(H,20,25)(H,21,23)/t14-,15+/m1/s1. The van der Waals surface area contributed by atoms with Gasteiger partial charge in [0.1, 0.15) is 0 Å². The van der Waals surface area contributed by atoms with E-state index in [1.165, 1.54) is 4.90 Å². The molecule has 2 atom stereocenters. The molecule has 28 heavy (non-hydrogen) atoms. The summed E-state index contributed by atoms with van der Waals surface area (Å²) in [5, 5.41) is 5.38. The number of aryl methyl sites for hydroxylation is 2. The van der Waals surface area contributed by atoms with E-state index < -0.39 is 15.8 Å². The van der Waals surface area contributed by atoms with Gasteiger partial charge in [0.2, 0.25) is 17.7 Å². The summed E-state index contributed by atoms with van der Waals surface area (Å²) < 4.78 is 23.3. The topological polar surface area (TPSA) is 113 Å². The molecule has 1 aromatic rings. The molecule has 3 rings (SSSR count). The van der Waals surface area contributed by atoms with Gasteiger partial charge in [0, 0.05) is 24.7 Å². The lowest BCUT2D eigenvalue weighted by Crippen LogP contribution is -2.40. The molecule has 2 saturated heterocycles. The fourth-order valence-electron chi connectivity index (χ4n) is 3.79. The van der Waals surface area contributed by atoms with Crippen molar-refractivity contribution in [3.63, 3.8) is 0 Å². The summed E-state index contributed by atoms with van der Waals surface area (Å²) in [6, 6.07) is 5.34.